The molecule has 0 aromatic heterocycles. The number of rotatable bonds is 3. The van der Waals surface area contributed by atoms with E-state index in [4.69, 9.17) is 5.21 Å². The number of carbonyl (C=O) groups is 1. The van der Waals surface area contributed by atoms with Crippen molar-refractivity contribution in [2.75, 3.05) is 4.90 Å². The van der Waals surface area contributed by atoms with Crippen LogP contribution in [0.25, 0.3) is 0 Å². The summed E-state index contributed by atoms with van der Waals surface area (Å²) < 4.78 is 0. The fourth-order valence-corrected chi connectivity index (χ4v) is 1.96. The summed E-state index contributed by atoms with van der Waals surface area (Å²) in [7, 11) is 0. The molecule has 1 aliphatic heterocycles. The van der Waals surface area contributed by atoms with E-state index in [1.54, 1.807) is 11.1 Å². The Hall–Kier alpha value is -2.10. The van der Waals surface area contributed by atoms with Gasteiger partial charge in [-0.05, 0) is 25.5 Å². The van der Waals surface area contributed by atoms with E-state index in [1.807, 2.05) is 44.2 Å². The predicted octanol–water partition coefficient (Wildman–Crippen LogP) is 2.58. The average molecular weight is 244 g/mol. The van der Waals surface area contributed by atoms with E-state index in [-0.39, 0.29) is 5.91 Å². The molecule has 94 valence electrons. The molecule has 1 N–H and O–H groups in total. The van der Waals surface area contributed by atoms with Gasteiger partial charge in [-0.15, -0.1) is 5.16 Å². The third-order valence-electron chi connectivity index (χ3n) is 3.05. The molecule has 2 rings (SSSR count). The predicted molar refractivity (Wildman–Crippen MR) is 70.8 cm³/mol. The van der Waals surface area contributed by atoms with Crippen molar-refractivity contribution in [2.45, 2.75) is 20.3 Å². The lowest BCUT2D eigenvalue weighted by Gasteiger charge is -2.21. The van der Waals surface area contributed by atoms with Crippen LogP contribution in [-0.2, 0) is 11.2 Å². The summed E-state index contributed by atoms with van der Waals surface area (Å²) in [6.07, 6.45) is 5.60. The molecule has 0 saturated carbocycles. The number of para-hydroxylation sites is 1. The van der Waals surface area contributed by atoms with Crippen molar-refractivity contribution >= 4 is 17.8 Å². The van der Waals surface area contributed by atoms with Gasteiger partial charge in [0.05, 0.1) is 11.1 Å². The van der Waals surface area contributed by atoms with Crippen LogP contribution in [0, 0.1) is 5.41 Å². The molecule has 4 nitrogen and oxygen atoms in total. The van der Waals surface area contributed by atoms with Crippen molar-refractivity contribution in [2.24, 2.45) is 10.6 Å². The molecule has 4 heteroatoms. The van der Waals surface area contributed by atoms with Crippen LogP contribution in [0.1, 0.15) is 19.4 Å². The first-order chi connectivity index (χ1) is 8.56. The maximum Gasteiger partial charge on any atom is 0.240 e. The number of hydrogen-bond donors (Lipinski definition) is 1. The molecular weight excluding hydrogens is 228 g/mol. The number of amides is 1. The quantitative estimate of drug-likeness (QED) is 0.504. The van der Waals surface area contributed by atoms with E-state index in [2.05, 4.69) is 5.16 Å². The van der Waals surface area contributed by atoms with E-state index >= 15 is 0 Å². The third-order valence-corrected chi connectivity index (χ3v) is 3.05. The Morgan fingerprint density at radius 1 is 1.39 bits per heavy atom. The van der Waals surface area contributed by atoms with Crippen molar-refractivity contribution in [3.05, 3.63) is 42.1 Å². The number of oxime groups is 1. The van der Waals surface area contributed by atoms with E-state index in [1.165, 1.54) is 6.21 Å². The third kappa shape index (κ3) is 2.14. The molecule has 1 amide bonds. The van der Waals surface area contributed by atoms with Gasteiger partial charge >= 0.3 is 0 Å². The van der Waals surface area contributed by atoms with Crippen molar-refractivity contribution in [1.82, 2.24) is 0 Å². The maximum atomic E-state index is 12.2. The maximum absolute atomic E-state index is 12.2. The van der Waals surface area contributed by atoms with Crippen molar-refractivity contribution in [3.63, 3.8) is 0 Å². The summed E-state index contributed by atoms with van der Waals surface area (Å²) in [4.78, 5) is 13.9. The monoisotopic (exact) mass is 244 g/mol. The number of nitrogens with zero attached hydrogens (tertiary/aromatic N) is 2. The number of anilines is 1. The summed E-state index contributed by atoms with van der Waals surface area (Å²) in [5.74, 6) is 0.0517. The van der Waals surface area contributed by atoms with Crippen molar-refractivity contribution < 1.29 is 10.0 Å². The highest BCUT2D eigenvalue weighted by atomic mass is 16.4. The fraction of sp³-hybridized carbons (Fsp3) is 0.286. The zero-order chi connectivity index (χ0) is 13.2. The number of hydrogen-bond acceptors (Lipinski definition) is 3. The highest BCUT2D eigenvalue weighted by molar-refractivity contribution is 6.03. The Bertz CT molecular complexity index is 518. The smallest absolute Gasteiger partial charge is 0.240 e. The van der Waals surface area contributed by atoms with Crippen LogP contribution in [0.15, 0.2) is 41.7 Å². The van der Waals surface area contributed by atoms with Crippen molar-refractivity contribution in [1.29, 1.82) is 0 Å². The van der Waals surface area contributed by atoms with Gasteiger partial charge in [0, 0.05) is 18.8 Å². The van der Waals surface area contributed by atoms with Crippen LogP contribution < -0.4 is 4.90 Å². The van der Waals surface area contributed by atoms with Gasteiger partial charge in [-0.25, -0.2) is 0 Å². The molecule has 0 fully saturated rings. The highest BCUT2D eigenvalue weighted by Gasteiger charge is 2.35. The van der Waals surface area contributed by atoms with Gasteiger partial charge < -0.3 is 5.21 Å². The molecule has 0 radical (unpaired) electrons. The van der Waals surface area contributed by atoms with Crippen LogP contribution >= 0.6 is 0 Å². The van der Waals surface area contributed by atoms with Gasteiger partial charge in [0.25, 0.3) is 0 Å². The molecule has 0 atom stereocenters. The van der Waals surface area contributed by atoms with E-state index in [0.717, 1.165) is 11.3 Å². The zero-order valence-corrected chi connectivity index (χ0v) is 10.5. The second kappa shape index (κ2) is 4.64. The summed E-state index contributed by atoms with van der Waals surface area (Å²) in [6, 6.07) is 7.61. The van der Waals surface area contributed by atoms with Crippen molar-refractivity contribution in [3.8, 4) is 0 Å². The van der Waals surface area contributed by atoms with Gasteiger partial charge in [-0.2, -0.15) is 0 Å². The minimum Gasteiger partial charge on any atom is -0.411 e. The molecule has 0 unspecified atom stereocenters. The van der Waals surface area contributed by atoms with Crippen LogP contribution in [-0.4, -0.2) is 17.3 Å². The Morgan fingerprint density at radius 3 is 2.72 bits per heavy atom. The van der Waals surface area contributed by atoms with Gasteiger partial charge in [-0.3, -0.25) is 9.69 Å². The van der Waals surface area contributed by atoms with Crippen LogP contribution in [0.5, 0.6) is 0 Å². The summed E-state index contributed by atoms with van der Waals surface area (Å²) >= 11 is 0. The first-order valence-electron chi connectivity index (χ1n) is 5.83. The average Bonchev–Trinajstić information content (AvgIpc) is 2.63. The first-order valence-corrected chi connectivity index (χ1v) is 5.83. The second-order valence-corrected chi connectivity index (χ2v) is 4.84. The Kier molecular flexibility index (Phi) is 3.19. The van der Waals surface area contributed by atoms with Gasteiger partial charge in [0.15, 0.2) is 0 Å². The molecule has 1 aromatic carbocycles. The summed E-state index contributed by atoms with van der Waals surface area (Å²) in [5.41, 5.74) is 1.33. The van der Waals surface area contributed by atoms with Crippen LogP contribution in [0.2, 0.25) is 0 Å². The van der Waals surface area contributed by atoms with Crippen LogP contribution in [0.4, 0.5) is 5.69 Å². The lowest BCUT2D eigenvalue weighted by Crippen LogP contribution is -2.31. The lowest BCUT2D eigenvalue weighted by atomic mass is 9.94. The Labute approximate surface area is 106 Å². The topological polar surface area (TPSA) is 52.9 Å². The molecule has 0 saturated heterocycles. The molecule has 0 spiro atoms. The minimum absolute atomic E-state index is 0.0517. The van der Waals surface area contributed by atoms with E-state index < -0.39 is 5.41 Å². The SMILES string of the molecule is CC1(C)C=CN(c2ccccc2C/C=N/O)C1=O. The van der Waals surface area contributed by atoms with Gasteiger partial charge in [0.1, 0.15) is 0 Å². The molecule has 0 aliphatic carbocycles. The fourth-order valence-electron chi connectivity index (χ4n) is 1.96. The highest BCUT2D eigenvalue weighted by Crippen LogP contribution is 2.33. The normalized spacial score (nSPS) is 17.9. The molecule has 1 heterocycles. The van der Waals surface area contributed by atoms with Crippen LogP contribution in [0.3, 0.4) is 0 Å². The van der Waals surface area contributed by atoms with Gasteiger partial charge in [-0.1, -0.05) is 24.3 Å². The minimum atomic E-state index is -0.460. The summed E-state index contributed by atoms with van der Waals surface area (Å²) in [5, 5.41) is 11.5. The Morgan fingerprint density at radius 2 is 2.11 bits per heavy atom. The molecule has 1 aromatic rings. The zero-order valence-electron chi connectivity index (χ0n) is 10.5. The number of benzene rings is 1. The summed E-state index contributed by atoms with van der Waals surface area (Å²) in [6.45, 7) is 3.78. The standard InChI is InChI=1S/C14H16N2O2/c1-14(2)8-10-16(13(14)17)12-6-4-3-5-11(12)7-9-15-18/h3-6,8-10,18H,7H2,1-2H3/b15-9+. The molecule has 1 aliphatic rings. The van der Waals surface area contributed by atoms with E-state index in [0.29, 0.717) is 6.42 Å². The molecular formula is C14H16N2O2. The lowest BCUT2D eigenvalue weighted by molar-refractivity contribution is -0.122. The second-order valence-electron chi connectivity index (χ2n) is 4.84. The molecule has 18 heavy (non-hydrogen) atoms. The largest absolute Gasteiger partial charge is 0.411 e. The molecule has 0 bridgehead atoms. The Balaban J connectivity index is 2.35. The van der Waals surface area contributed by atoms with E-state index in [9.17, 15) is 4.79 Å². The van der Waals surface area contributed by atoms with Gasteiger partial charge in [0.2, 0.25) is 5.91 Å². The number of carbonyl (C=O) groups excluding carboxylic acids is 1. The first kappa shape index (κ1) is 12.4.